The van der Waals surface area contributed by atoms with E-state index in [-0.39, 0.29) is 5.82 Å². The van der Waals surface area contributed by atoms with Crippen molar-refractivity contribution in [3.8, 4) is 22.9 Å². The van der Waals surface area contributed by atoms with Crippen molar-refractivity contribution in [2.24, 2.45) is 0 Å². The van der Waals surface area contributed by atoms with Gasteiger partial charge in [-0.2, -0.15) is 9.61 Å². The second-order valence-corrected chi connectivity index (χ2v) is 6.95. The summed E-state index contributed by atoms with van der Waals surface area (Å²) in [7, 11) is 3.18. The van der Waals surface area contributed by atoms with E-state index >= 15 is 0 Å². The van der Waals surface area contributed by atoms with Crippen molar-refractivity contribution < 1.29 is 13.9 Å². The molecule has 4 rings (SSSR count). The molecular formula is C20H17FN4O2S. The highest BCUT2D eigenvalue weighted by Gasteiger charge is 2.13. The molecule has 2 aromatic heterocycles. The van der Waals surface area contributed by atoms with Gasteiger partial charge in [0.2, 0.25) is 0 Å². The third-order valence-corrected chi connectivity index (χ3v) is 5.17. The number of ether oxygens (including phenoxy) is 2. The molecule has 4 aromatic rings. The van der Waals surface area contributed by atoms with Crippen molar-refractivity contribution >= 4 is 17.4 Å². The molecule has 0 bridgehead atoms. The zero-order chi connectivity index (χ0) is 19.5. The second kappa shape index (κ2) is 7.85. The summed E-state index contributed by atoms with van der Waals surface area (Å²) in [5.74, 6) is 2.31. The van der Waals surface area contributed by atoms with Crippen LogP contribution >= 0.6 is 11.8 Å². The first kappa shape index (κ1) is 18.2. The van der Waals surface area contributed by atoms with E-state index in [1.807, 2.05) is 30.3 Å². The van der Waals surface area contributed by atoms with E-state index in [2.05, 4.69) is 15.3 Å². The number of fused-ring (bicyclic) bond motifs is 1. The quantitative estimate of drug-likeness (QED) is 0.454. The number of thioether (sulfide) groups is 1. The van der Waals surface area contributed by atoms with E-state index in [4.69, 9.17) is 9.47 Å². The van der Waals surface area contributed by atoms with Gasteiger partial charge in [-0.25, -0.2) is 4.39 Å². The molecule has 0 aliphatic heterocycles. The first-order valence-electron chi connectivity index (χ1n) is 8.50. The van der Waals surface area contributed by atoms with Crippen LogP contribution in [0.1, 0.15) is 5.56 Å². The lowest BCUT2D eigenvalue weighted by Crippen LogP contribution is -1.97. The van der Waals surface area contributed by atoms with Crippen LogP contribution in [0.4, 0.5) is 4.39 Å². The molecule has 8 heteroatoms. The SMILES string of the molecule is COc1ccc(-c2nnc3ccc(SCc4ccc(F)cc4)nn23)cc1OC. The van der Waals surface area contributed by atoms with Gasteiger partial charge in [-0.15, -0.1) is 10.2 Å². The summed E-state index contributed by atoms with van der Waals surface area (Å²) in [6, 6.07) is 15.8. The van der Waals surface area contributed by atoms with Crippen LogP contribution in [0.2, 0.25) is 0 Å². The van der Waals surface area contributed by atoms with Crippen LogP contribution < -0.4 is 9.47 Å². The molecule has 2 heterocycles. The van der Waals surface area contributed by atoms with Crippen LogP contribution in [0, 0.1) is 5.82 Å². The van der Waals surface area contributed by atoms with Crippen molar-refractivity contribution in [1.82, 2.24) is 19.8 Å². The van der Waals surface area contributed by atoms with Gasteiger partial charge in [0, 0.05) is 11.3 Å². The zero-order valence-electron chi connectivity index (χ0n) is 15.3. The number of aromatic nitrogens is 4. The van der Waals surface area contributed by atoms with Crippen LogP contribution in [-0.2, 0) is 5.75 Å². The molecule has 0 saturated carbocycles. The Morgan fingerprint density at radius 3 is 2.46 bits per heavy atom. The highest BCUT2D eigenvalue weighted by atomic mass is 32.2. The van der Waals surface area contributed by atoms with Crippen molar-refractivity contribution in [3.05, 3.63) is 66.0 Å². The van der Waals surface area contributed by atoms with Gasteiger partial charge in [0.1, 0.15) is 10.8 Å². The lowest BCUT2D eigenvalue weighted by Gasteiger charge is -2.09. The van der Waals surface area contributed by atoms with Crippen LogP contribution in [0.15, 0.2) is 59.6 Å². The number of hydrogen-bond acceptors (Lipinski definition) is 6. The van der Waals surface area contributed by atoms with E-state index in [0.717, 1.165) is 16.2 Å². The Labute approximate surface area is 165 Å². The zero-order valence-corrected chi connectivity index (χ0v) is 16.1. The molecule has 0 radical (unpaired) electrons. The number of nitrogens with zero attached hydrogens (tertiary/aromatic N) is 4. The first-order chi connectivity index (χ1) is 13.7. The largest absolute Gasteiger partial charge is 0.493 e. The smallest absolute Gasteiger partial charge is 0.185 e. The third kappa shape index (κ3) is 3.63. The van der Waals surface area contributed by atoms with Crippen molar-refractivity contribution in [1.29, 1.82) is 0 Å². The Hall–Kier alpha value is -3.13. The summed E-state index contributed by atoms with van der Waals surface area (Å²) in [4.78, 5) is 0. The Balaban J connectivity index is 1.63. The lowest BCUT2D eigenvalue weighted by atomic mass is 10.2. The van der Waals surface area contributed by atoms with Gasteiger partial charge in [-0.1, -0.05) is 23.9 Å². The highest BCUT2D eigenvalue weighted by molar-refractivity contribution is 7.98. The number of benzene rings is 2. The van der Waals surface area contributed by atoms with Crippen molar-refractivity contribution in [2.45, 2.75) is 10.8 Å². The fourth-order valence-corrected chi connectivity index (χ4v) is 3.55. The Kier molecular flexibility index (Phi) is 5.12. The Morgan fingerprint density at radius 1 is 0.929 bits per heavy atom. The second-order valence-electron chi connectivity index (χ2n) is 5.95. The normalized spacial score (nSPS) is 11.0. The fraction of sp³-hybridized carbons (Fsp3) is 0.150. The molecule has 0 saturated heterocycles. The maximum Gasteiger partial charge on any atom is 0.185 e. The van der Waals surface area contributed by atoms with Gasteiger partial charge >= 0.3 is 0 Å². The van der Waals surface area contributed by atoms with Crippen LogP contribution in [-0.4, -0.2) is 34.0 Å². The molecule has 0 amide bonds. The molecule has 142 valence electrons. The van der Waals surface area contributed by atoms with Gasteiger partial charge in [0.05, 0.1) is 14.2 Å². The van der Waals surface area contributed by atoms with E-state index < -0.39 is 0 Å². The lowest BCUT2D eigenvalue weighted by molar-refractivity contribution is 0.355. The molecular weight excluding hydrogens is 379 g/mol. The maximum absolute atomic E-state index is 13.0. The molecule has 0 N–H and O–H groups in total. The summed E-state index contributed by atoms with van der Waals surface area (Å²) >= 11 is 1.56. The highest BCUT2D eigenvalue weighted by Crippen LogP contribution is 2.32. The Bertz CT molecular complexity index is 1120. The third-order valence-electron chi connectivity index (χ3n) is 4.18. The number of halogens is 1. The monoisotopic (exact) mass is 396 g/mol. The summed E-state index contributed by atoms with van der Waals surface area (Å²) in [6.07, 6.45) is 0. The van der Waals surface area contributed by atoms with Gasteiger partial charge < -0.3 is 9.47 Å². The van der Waals surface area contributed by atoms with E-state index in [1.54, 1.807) is 42.6 Å². The van der Waals surface area contributed by atoms with Crippen molar-refractivity contribution in [3.63, 3.8) is 0 Å². The minimum atomic E-state index is -0.239. The van der Waals surface area contributed by atoms with Crippen LogP contribution in [0.25, 0.3) is 17.0 Å². The Morgan fingerprint density at radius 2 is 1.71 bits per heavy atom. The van der Waals surface area contributed by atoms with Gasteiger partial charge in [0.15, 0.2) is 23.0 Å². The van der Waals surface area contributed by atoms with Crippen LogP contribution in [0.5, 0.6) is 11.5 Å². The molecule has 0 unspecified atom stereocenters. The summed E-state index contributed by atoms with van der Waals surface area (Å²) in [6.45, 7) is 0. The van der Waals surface area contributed by atoms with Crippen LogP contribution in [0.3, 0.4) is 0 Å². The average molecular weight is 396 g/mol. The standard InChI is InChI=1S/C20H17FN4O2S/c1-26-16-8-5-14(11-17(16)27-2)20-23-22-18-9-10-19(24-25(18)20)28-12-13-3-6-15(21)7-4-13/h3-11H,12H2,1-2H3. The van der Waals surface area contributed by atoms with Gasteiger partial charge in [-0.05, 0) is 48.0 Å². The van der Waals surface area contributed by atoms with E-state index in [9.17, 15) is 4.39 Å². The topological polar surface area (TPSA) is 61.5 Å². The minimum Gasteiger partial charge on any atom is -0.493 e. The molecule has 0 fully saturated rings. The maximum atomic E-state index is 13.0. The predicted molar refractivity (Wildman–Crippen MR) is 105 cm³/mol. The first-order valence-corrected chi connectivity index (χ1v) is 9.48. The van der Waals surface area contributed by atoms with E-state index in [1.165, 1.54) is 12.1 Å². The molecule has 28 heavy (non-hydrogen) atoms. The predicted octanol–water partition coefficient (Wildman–Crippen LogP) is 4.24. The minimum absolute atomic E-state index is 0.239. The summed E-state index contributed by atoms with van der Waals surface area (Å²) < 4.78 is 25.4. The summed E-state index contributed by atoms with van der Waals surface area (Å²) in [5, 5.41) is 13.9. The fourth-order valence-electron chi connectivity index (χ4n) is 2.74. The van der Waals surface area contributed by atoms with Gasteiger partial charge in [-0.3, -0.25) is 0 Å². The molecule has 2 aromatic carbocycles. The van der Waals surface area contributed by atoms with E-state index in [0.29, 0.717) is 28.7 Å². The summed E-state index contributed by atoms with van der Waals surface area (Å²) in [5.41, 5.74) is 2.49. The van der Waals surface area contributed by atoms with Gasteiger partial charge in [0.25, 0.3) is 0 Å². The molecule has 0 aliphatic rings. The number of rotatable bonds is 6. The molecule has 0 spiro atoms. The molecule has 0 atom stereocenters. The average Bonchev–Trinajstić information content (AvgIpc) is 3.16. The molecule has 0 aliphatic carbocycles. The number of methoxy groups -OCH3 is 2. The molecule has 6 nitrogen and oxygen atoms in total. The van der Waals surface area contributed by atoms with Crippen molar-refractivity contribution in [2.75, 3.05) is 14.2 Å². The number of hydrogen-bond donors (Lipinski definition) is 0.